The van der Waals surface area contributed by atoms with E-state index in [2.05, 4.69) is 51.2 Å². The zero-order valence-corrected chi connectivity index (χ0v) is 14.2. The van der Waals surface area contributed by atoms with Crippen molar-refractivity contribution in [1.29, 1.82) is 0 Å². The molecular formula is C15H21BN2O2S. The van der Waals surface area contributed by atoms with Crippen LogP contribution in [0.2, 0.25) is 0 Å². The van der Waals surface area contributed by atoms with Crippen LogP contribution >= 0.6 is 11.8 Å². The standard InChI is InChI=1S/C15H21BN2O2S/c1-14(2)15(3,4)20-16(19-14)11-7-10-9-18(5)17-13(10)12(8-11)21-6/h7-9H,1-6H3. The summed E-state index contributed by atoms with van der Waals surface area (Å²) >= 11 is 1.70. The summed E-state index contributed by atoms with van der Waals surface area (Å²) in [6, 6.07) is 4.24. The summed E-state index contributed by atoms with van der Waals surface area (Å²) in [5.74, 6) is 0. The second-order valence-corrected chi connectivity index (χ2v) is 7.40. The molecule has 3 rings (SSSR count). The number of benzene rings is 1. The predicted octanol–water partition coefficient (Wildman–Crippen LogP) is 2.59. The monoisotopic (exact) mass is 304 g/mol. The Kier molecular flexibility index (Phi) is 3.39. The van der Waals surface area contributed by atoms with Crippen LogP contribution in [0.15, 0.2) is 23.2 Å². The van der Waals surface area contributed by atoms with Crippen molar-refractivity contribution in [3.05, 3.63) is 18.3 Å². The largest absolute Gasteiger partial charge is 0.494 e. The van der Waals surface area contributed by atoms with Gasteiger partial charge in [0.1, 0.15) is 5.52 Å². The first-order chi connectivity index (χ1) is 9.73. The maximum absolute atomic E-state index is 6.15. The second kappa shape index (κ2) is 4.76. The fourth-order valence-electron chi connectivity index (χ4n) is 2.52. The number of hydrogen-bond donors (Lipinski definition) is 0. The van der Waals surface area contributed by atoms with Crippen LogP contribution < -0.4 is 5.46 Å². The van der Waals surface area contributed by atoms with Gasteiger partial charge in [0.25, 0.3) is 0 Å². The minimum atomic E-state index is -0.328. The fraction of sp³-hybridized carbons (Fsp3) is 0.533. The summed E-state index contributed by atoms with van der Waals surface area (Å²) in [6.45, 7) is 8.30. The van der Waals surface area contributed by atoms with Crippen LogP contribution in [0, 0.1) is 0 Å². The average molecular weight is 304 g/mol. The maximum atomic E-state index is 6.15. The Labute approximate surface area is 130 Å². The lowest BCUT2D eigenvalue weighted by Crippen LogP contribution is -2.41. The van der Waals surface area contributed by atoms with Gasteiger partial charge < -0.3 is 9.31 Å². The molecule has 1 aliphatic heterocycles. The van der Waals surface area contributed by atoms with Gasteiger partial charge in [0.05, 0.1) is 11.2 Å². The van der Waals surface area contributed by atoms with Crippen LogP contribution in [0.3, 0.4) is 0 Å². The van der Waals surface area contributed by atoms with Crippen molar-refractivity contribution in [2.24, 2.45) is 7.05 Å². The summed E-state index contributed by atoms with van der Waals surface area (Å²) < 4.78 is 14.1. The molecule has 0 atom stereocenters. The molecule has 1 aliphatic rings. The minimum absolute atomic E-state index is 0.318. The third kappa shape index (κ3) is 2.39. The number of aryl methyl sites for hydroxylation is 1. The lowest BCUT2D eigenvalue weighted by molar-refractivity contribution is 0.00578. The molecule has 1 aromatic carbocycles. The average Bonchev–Trinajstić information content (AvgIpc) is 2.85. The molecule has 0 bridgehead atoms. The summed E-state index contributed by atoms with van der Waals surface area (Å²) in [5.41, 5.74) is 1.45. The molecular weight excluding hydrogens is 283 g/mol. The van der Waals surface area contributed by atoms with E-state index >= 15 is 0 Å². The molecule has 4 nitrogen and oxygen atoms in total. The molecule has 0 N–H and O–H groups in total. The lowest BCUT2D eigenvalue weighted by atomic mass is 9.78. The van der Waals surface area contributed by atoms with E-state index in [1.54, 1.807) is 11.8 Å². The van der Waals surface area contributed by atoms with Gasteiger partial charge in [-0.15, -0.1) is 11.8 Å². The van der Waals surface area contributed by atoms with E-state index in [0.29, 0.717) is 0 Å². The zero-order chi connectivity index (χ0) is 15.4. The number of aromatic nitrogens is 2. The fourth-order valence-corrected chi connectivity index (χ4v) is 3.12. The van der Waals surface area contributed by atoms with Gasteiger partial charge in [-0.25, -0.2) is 0 Å². The van der Waals surface area contributed by atoms with E-state index in [0.717, 1.165) is 21.3 Å². The second-order valence-electron chi connectivity index (χ2n) is 6.55. The molecule has 0 unspecified atom stereocenters. The van der Waals surface area contributed by atoms with Gasteiger partial charge in [0, 0.05) is 23.5 Å². The van der Waals surface area contributed by atoms with Gasteiger partial charge >= 0.3 is 7.12 Å². The van der Waals surface area contributed by atoms with E-state index in [9.17, 15) is 0 Å². The van der Waals surface area contributed by atoms with Crippen LogP contribution in [0.4, 0.5) is 0 Å². The SMILES string of the molecule is CSc1cc(B2OC(C)(C)C(C)(C)O2)cc2cn(C)nc12. The third-order valence-corrected chi connectivity index (χ3v) is 5.21. The van der Waals surface area contributed by atoms with E-state index in [1.807, 2.05) is 17.9 Å². The zero-order valence-electron chi connectivity index (χ0n) is 13.4. The topological polar surface area (TPSA) is 36.3 Å². The molecule has 0 amide bonds. The van der Waals surface area contributed by atoms with Crippen molar-refractivity contribution in [3.63, 3.8) is 0 Å². The van der Waals surface area contributed by atoms with Crippen molar-refractivity contribution in [2.45, 2.75) is 43.8 Å². The molecule has 0 radical (unpaired) electrons. The molecule has 1 saturated heterocycles. The first-order valence-electron chi connectivity index (χ1n) is 7.10. The Hall–Kier alpha value is -0.975. The highest BCUT2D eigenvalue weighted by atomic mass is 32.2. The predicted molar refractivity (Wildman–Crippen MR) is 88.2 cm³/mol. The van der Waals surface area contributed by atoms with E-state index in [-0.39, 0.29) is 18.3 Å². The molecule has 0 spiro atoms. The molecule has 0 saturated carbocycles. The first-order valence-corrected chi connectivity index (χ1v) is 8.33. The lowest BCUT2D eigenvalue weighted by Gasteiger charge is -2.32. The van der Waals surface area contributed by atoms with Crippen LogP contribution in [0.25, 0.3) is 10.9 Å². The van der Waals surface area contributed by atoms with Crippen molar-refractivity contribution >= 4 is 35.2 Å². The van der Waals surface area contributed by atoms with E-state index < -0.39 is 0 Å². The summed E-state index contributed by atoms with van der Waals surface area (Å²) in [4.78, 5) is 1.15. The Morgan fingerprint density at radius 2 is 1.76 bits per heavy atom. The number of nitrogens with zero attached hydrogens (tertiary/aromatic N) is 2. The minimum Gasteiger partial charge on any atom is -0.399 e. The molecule has 21 heavy (non-hydrogen) atoms. The Morgan fingerprint density at radius 3 is 2.33 bits per heavy atom. The quantitative estimate of drug-likeness (QED) is 0.631. The van der Waals surface area contributed by atoms with Crippen molar-refractivity contribution < 1.29 is 9.31 Å². The van der Waals surface area contributed by atoms with Gasteiger partial charge in [-0.1, -0.05) is 6.07 Å². The normalized spacial score (nSPS) is 20.4. The molecule has 112 valence electrons. The van der Waals surface area contributed by atoms with Gasteiger partial charge in [-0.2, -0.15) is 5.10 Å². The molecule has 6 heteroatoms. The highest BCUT2D eigenvalue weighted by Gasteiger charge is 2.51. The number of fused-ring (bicyclic) bond motifs is 1. The van der Waals surface area contributed by atoms with Crippen molar-refractivity contribution in [3.8, 4) is 0 Å². The van der Waals surface area contributed by atoms with E-state index in [1.165, 1.54) is 0 Å². The highest BCUT2D eigenvalue weighted by molar-refractivity contribution is 7.98. The molecule has 1 aromatic heterocycles. The maximum Gasteiger partial charge on any atom is 0.494 e. The highest BCUT2D eigenvalue weighted by Crippen LogP contribution is 2.37. The van der Waals surface area contributed by atoms with Crippen molar-refractivity contribution in [2.75, 3.05) is 6.26 Å². The van der Waals surface area contributed by atoms with Crippen LogP contribution in [-0.2, 0) is 16.4 Å². The Balaban J connectivity index is 2.06. The Bertz CT molecular complexity index is 680. The number of rotatable bonds is 2. The molecule has 1 fully saturated rings. The van der Waals surface area contributed by atoms with Gasteiger partial charge in [0.15, 0.2) is 0 Å². The molecule has 0 aliphatic carbocycles. The van der Waals surface area contributed by atoms with Crippen LogP contribution in [0.5, 0.6) is 0 Å². The summed E-state index contributed by atoms with van der Waals surface area (Å²) in [5, 5.41) is 5.64. The number of hydrogen-bond acceptors (Lipinski definition) is 4. The van der Waals surface area contributed by atoms with Crippen molar-refractivity contribution in [1.82, 2.24) is 9.78 Å². The molecule has 2 aromatic rings. The first kappa shape index (κ1) is 14.9. The van der Waals surface area contributed by atoms with Gasteiger partial charge in [-0.3, -0.25) is 4.68 Å². The third-order valence-electron chi connectivity index (χ3n) is 4.46. The molecule has 2 heterocycles. The summed E-state index contributed by atoms with van der Waals surface area (Å²) in [7, 11) is 1.61. The van der Waals surface area contributed by atoms with Gasteiger partial charge in [0.2, 0.25) is 0 Å². The Morgan fingerprint density at radius 1 is 1.14 bits per heavy atom. The van der Waals surface area contributed by atoms with E-state index in [4.69, 9.17) is 9.31 Å². The van der Waals surface area contributed by atoms with Crippen LogP contribution in [0.1, 0.15) is 27.7 Å². The summed E-state index contributed by atoms with van der Waals surface area (Å²) in [6.07, 6.45) is 4.10. The smallest absolute Gasteiger partial charge is 0.399 e. The van der Waals surface area contributed by atoms with Crippen LogP contribution in [-0.4, -0.2) is 34.4 Å². The number of thioether (sulfide) groups is 1. The van der Waals surface area contributed by atoms with Gasteiger partial charge in [-0.05, 0) is 45.5 Å².